The molecule has 0 aliphatic carbocycles. The lowest BCUT2D eigenvalue weighted by molar-refractivity contribution is -0.136. The molecule has 0 aliphatic heterocycles. The number of pyridine rings is 1. The molecule has 1 heterocycles. The van der Waals surface area contributed by atoms with Gasteiger partial charge in [0, 0.05) is 0 Å². The lowest BCUT2D eigenvalue weighted by atomic mass is 10.2. The molecule has 0 atom stereocenters. The molecule has 0 saturated heterocycles. The number of carbonyl (C=O) groups is 1. The number of aromatic nitrogens is 1. The summed E-state index contributed by atoms with van der Waals surface area (Å²) < 4.78 is 24.7. The van der Waals surface area contributed by atoms with Crippen LogP contribution in [0.15, 0.2) is 6.07 Å². The van der Waals surface area contributed by atoms with E-state index in [1.54, 1.807) is 0 Å². The number of carboxylic acid groups (broad SMARTS) is 1. The summed E-state index contributed by atoms with van der Waals surface area (Å²) in [5.41, 5.74) is -0.533. The summed E-state index contributed by atoms with van der Waals surface area (Å²) in [4.78, 5) is 13.9. The molecule has 0 saturated carbocycles. The van der Waals surface area contributed by atoms with Gasteiger partial charge in [-0.3, -0.25) is 4.79 Å². The minimum atomic E-state index is -2.84. The molecule has 0 spiro atoms. The monoisotopic (exact) mass is 255 g/mol. The van der Waals surface area contributed by atoms with Gasteiger partial charge in [0.15, 0.2) is 0 Å². The Hall–Kier alpha value is -0.940. The molecule has 0 aliphatic rings. The molecule has 0 aromatic carbocycles. The SMILES string of the molecule is O=C(O)Cc1cc(Cl)c(C(F)F)c(Cl)n1. The van der Waals surface area contributed by atoms with Crippen LogP contribution in [0.5, 0.6) is 0 Å². The van der Waals surface area contributed by atoms with Gasteiger partial charge in [-0.05, 0) is 6.07 Å². The summed E-state index contributed by atoms with van der Waals surface area (Å²) in [6, 6.07) is 1.07. The van der Waals surface area contributed by atoms with Gasteiger partial charge in [-0.25, -0.2) is 13.8 Å². The van der Waals surface area contributed by atoms with Crippen molar-refractivity contribution in [1.29, 1.82) is 0 Å². The second-order valence-electron chi connectivity index (χ2n) is 2.67. The van der Waals surface area contributed by atoms with Crippen LogP contribution < -0.4 is 0 Å². The zero-order valence-electron chi connectivity index (χ0n) is 7.18. The van der Waals surface area contributed by atoms with Crippen LogP contribution in [0, 0.1) is 0 Å². The first-order valence-electron chi connectivity index (χ1n) is 3.76. The first-order chi connectivity index (χ1) is 6.91. The van der Waals surface area contributed by atoms with Gasteiger partial charge in [-0.1, -0.05) is 23.2 Å². The summed E-state index contributed by atoms with van der Waals surface area (Å²) in [7, 11) is 0. The maximum absolute atomic E-state index is 12.4. The van der Waals surface area contributed by atoms with Gasteiger partial charge >= 0.3 is 5.97 Å². The van der Waals surface area contributed by atoms with E-state index in [2.05, 4.69) is 4.98 Å². The van der Waals surface area contributed by atoms with E-state index in [0.717, 1.165) is 6.07 Å². The van der Waals surface area contributed by atoms with E-state index < -0.39 is 29.5 Å². The minimum Gasteiger partial charge on any atom is -0.481 e. The van der Waals surface area contributed by atoms with E-state index in [-0.39, 0.29) is 10.7 Å². The molecule has 0 amide bonds. The Kier molecular flexibility index (Phi) is 3.82. The zero-order chi connectivity index (χ0) is 11.6. The van der Waals surface area contributed by atoms with Crippen molar-refractivity contribution in [3.8, 4) is 0 Å². The molecule has 0 fully saturated rings. The number of nitrogens with zero attached hydrogens (tertiary/aromatic N) is 1. The van der Waals surface area contributed by atoms with E-state index in [4.69, 9.17) is 28.3 Å². The number of carboxylic acids is 1. The molecule has 3 nitrogen and oxygen atoms in total. The van der Waals surface area contributed by atoms with Gasteiger partial charge in [0.2, 0.25) is 0 Å². The van der Waals surface area contributed by atoms with Crippen molar-refractivity contribution in [2.45, 2.75) is 12.8 Å². The van der Waals surface area contributed by atoms with Crippen molar-refractivity contribution in [2.24, 2.45) is 0 Å². The maximum Gasteiger partial charge on any atom is 0.309 e. The molecule has 0 unspecified atom stereocenters. The first kappa shape index (κ1) is 12.1. The molecule has 1 aromatic heterocycles. The van der Waals surface area contributed by atoms with Gasteiger partial charge < -0.3 is 5.11 Å². The number of halogens is 4. The first-order valence-corrected chi connectivity index (χ1v) is 4.52. The predicted octanol–water partition coefficient (Wildman–Crippen LogP) is 2.95. The lowest BCUT2D eigenvalue weighted by Crippen LogP contribution is -2.04. The van der Waals surface area contributed by atoms with Gasteiger partial charge in [0.25, 0.3) is 6.43 Å². The average Bonchev–Trinajstić information content (AvgIpc) is 1.99. The Labute approximate surface area is 93.6 Å². The largest absolute Gasteiger partial charge is 0.481 e. The highest BCUT2D eigenvalue weighted by Gasteiger charge is 2.19. The molecular weight excluding hydrogens is 251 g/mol. The van der Waals surface area contributed by atoms with Gasteiger partial charge in [-0.2, -0.15) is 0 Å². The number of alkyl halides is 2. The molecule has 1 N–H and O–H groups in total. The van der Waals surface area contributed by atoms with Crippen molar-refractivity contribution in [2.75, 3.05) is 0 Å². The van der Waals surface area contributed by atoms with Crippen LogP contribution in [0.3, 0.4) is 0 Å². The van der Waals surface area contributed by atoms with Crippen LogP contribution >= 0.6 is 23.2 Å². The lowest BCUT2D eigenvalue weighted by Gasteiger charge is -2.06. The summed E-state index contributed by atoms with van der Waals surface area (Å²) in [6.07, 6.45) is -3.25. The normalized spacial score (nSPS) is 10.7. The fourth-order valence-electron chi connectivity index (χ4n) is 0.981. The summed E-state index contributed by atoms with van der Waals surface area (Å²) in [5.74, 6) is -1.14. The predicted molar refractivity (Wildman–Crippen MR) is 50.6 cm³/mol. The van der Waals surface area contributed by atoms with Crippen molar-refractivity contribution in [3.63, 3.8) is 0 Å². The van der Waals surface area contributed by atoms with Crippen LogP contribution in [0.25, 0.3) is 0 Å². The fourth-order valence-corrected chi connectivity index (χ4v) is 1.62. The Bertz CT molecular complexity index is 375. The Morgan fingerprint density at radius 1 is 1.53 bits per heavy atom. The van der Waals surface area contributed by atoms with Crippen LogP contribution in [0.1, 0.15) is 17.7 Å². The van der Waals surface area contributed by atoms with Gasteiger partial charge in [-0.15, -0.1) is 0 Å². The Balaban J connectivity index is 3.13. The Morgan fingerprint density at radius 3 is 2.53 bits per heavy atom. The zero-order valence-corrected chi connectivity index (χ0v) is 8.69. The van der Waals surface area contributed by atoms with Crippen molar-refractivity contribution in [3.05, 3.63) is 27.5 Å². The van der Waals surface area contributed by atoms with Crippen LogP contribution in [0.4, 0.5) is 8.78 Å². The summed E-state index contributed by atoms with van der Waals surface area (Å²) in [5, 5.41) is 7.71. The number of rotatable bonds is 3. The maximum atomic E-state index is 12.4. The molecule has 0 bridgehead atoms. The van der Waals surface area contributed by atoms with E-state index in [1.165, 1.54) is 0 Å². The van der Waals surface area contributed by atoms with Crippen molar-refractivity contribution < 1.29 is 18.7 Å². The molecule has 0 radical (unpaired) electrons. The topological polar surface area (TPSA) is 50.2 Å². The van der Waals surface area contributed by atoms with Gasteiger partial charge in [0.05, 0.1) is 22.7 Å². The fraction of sp³-hybridized carbons (Fsp3) is 0.250. The quantitative estimate of drug-likeness (QED) is 0.846. The van der Waals surface area contributed by atoms with Gasteiger partial charge in [0.1, 0.15) is 5.15 Å². The molecule has 1 rings (SSSR count). The van der Waals surface area contributed by atoms with E-state index in [0.29, 0.717) is 0 Å². The second-order valence-corrected chi connectivity index (χ2v) is 3.44. The van der Waals surface area contributed by atoms with Crippen LogP contribution in [-0.2, 0) is 11.2 Å². The highest BCUT2D eigenvalue weighted by molar-refractivity contribution is 6.35. The Morgan fingerprint density at radius 2 is 2.13 bits per heavy atom. The highest BCUT2D eigenvalue weighted by Crippen LogP contribution is 2.32. The second kappa shape index (κ2) is 4.72. The van der Waals surface area contributed by atoms with Crippen molar-refractivity contribution >= 4 is 29.2 Å². The molecule has 7 heteroatoms. The third kappa shape index (κ3) is 3.00. The van der Waals surface area contributed by atoms with Crippen molar-refractivity contribution in [1.82, 2.24) is 4.98 Å². The molecule has 1 aromatic rings. The van der Waals surface area contributed by atoms with Crippen LogP contribution in [0.2, 0.25) is 10.2 Å². The highest BCUT2D eigenvalue weighted by atomic mass is 35.5. The third-order valence-corrected chi connectivity index (χ3v) is 2.17. The average molecular weight is 256 g/mol. The molecule has 15 heavy (non-hydrogen) atoms. The number of hydrogen-bond acceptors (Lipinski definition) is 2. The standard InChI is InChI=1S/C8H5Cl2F2NO2/c9-4-1-3(2-5(14)15)13-7(10)6(4)8(11)12/h1,8H,2H2,(H,14,15). The van der Waals surface area contributed by atoms with E-state index in [1.807, 2.05) is 0 Å². The van der Waals surface area contributed by atoms with E-state index >= 15 is 0 Å². The smallest absolute Gasteiger partial charge is 0.309 e. The van der Waals surface area contributed by atoms with E-state index in [9.17, 15) is 13.6 Å². The third-order valence-electron chi connectivity index (χ3n) is 1.57. The summed E-state index contributed by atoms with van der Waals surface area (Å²) in [6.45, 7) is 0. The van der Waals surface area contributed by atoms with Crippen LogP contribution in [-0.4, -0.2) is 16.1 Å². The molecule has 82 valence electrons. The number of hydrogen-bond donors (Lipinski definition) is 1. The molecular formula is C8H5Cl2F2NO2. The number of aliphatic carboxylic acids is 1. The minimum absolute atomic E-state index is 0.0434. The summed E-state index contributed by atoms with van der Waals surface area (Å²) >= 11 is 11.0.